The second-order valence-corrected chi connectivity index (χ2v) is 6.89. The topological polar surface area (TPSA) is 72.5 Å². The first kappa shape index (κ1) is 16.4. The van der Waals surface area contributed by atoms with E-state index < -0.39 is 0 Å². The van der Waals surface area contributed by atoms with E-state index in [0.29, 0.717) is 30.1 Å². The molecule has 0 unspecified atom stereocenters. The monoisotopic (exact) mass is 326 g/mol. The summed E-state index contributed by atoms with van der Waals surface area (Å²) in [7, 11) is 1.61. The van der Waals surface area contributed by atoms with Crippen molar-refractivity contribution in [1.29, 1.82) is 0 Å². The number of nitrogens with zero attached hydrogens (tertiary/aromatic N) is 4. The van der Waals surface area contributed by atoms with Gasteiger partial charge < -0.3 is 9.84 Å². The molecule has 0 saturated carbocycles. The summed E-state index contributed by atoms with van der Waals surface area (Å²) in [6, 6.07) is 8.43. The maximum absolute atomic E-state index is 10.6. The Morgan fingerprint density at radius 3 is 2.50 bits per heavy atom. The summed E-state index contributed by atoms with van der Waals surface area (Å²) in [6.07, 6.45) is 1.93. The molecule has 3 rings (SSSR count). The Labute approximate surface area is 141 Å². The highest BCUT2D eigenvalue weighted by Crippen LogP contribution is 2.26. The second-order valence-electron chi connectivity index (χ2n) is 6.89. The van der Waals surface area contributed by atoms with Crippen LogP contribution in [0.25, 0.3) is 5.78 Å². The largest absolute Gasteiger partial charge is 0.493 e. The van der Waals surface area contributed by atoms with E-state index in [2.05, 4.69) is 60.1 Å². The van der Waals surface area contributed by atoms with Gasteiger partial charge >= 0.3 is 0 Å². The van der Waals surface area contributed by atoms with Crippen LogP contribution in [0.5, 0.6) is 5.88 Å². The molecule has 0 saturated heterocycles. The van der Waals surface area contributed by atoms with Gasteiger partial charge in [-0.15, -0.1) is 0 Å². The average molecular weight is 326 g/mol. The molecule has 24 heavy (non-hydrogen) atoms. The van der Waals surface area contributed by atoms with E-state index in [0.717, 1.165) is 5.56 Å². The van der Waals surface area contributed by atoms with E-state index in [4.69, 9.17) is 4.74 Å². The molecule has 2 aromatic heterocycles. The van der Waals surface area contributed by atoms with E-state index in [1.165, 1.54) is 16.4 Å². The van der Waals surface area contributed by atoms with Gasteiger partial charge in [-0.3, -0.25) is 0 Å². The Hall–Kier alpha value is -2.47. The quantitative estimate of drug-likeness (QED) is 0.798. The van der Waals surface area contributed by atoms with Crippen molar-refractivity contribution in [1.82, 2.24) is 19.6 Å². The highest BCUT2D eigenvalue weighted by Gasteiger charge is 2.17. The van der Waals surface area contributed by atoms with Gasteiger partial charge in [0, 0.05) is 19.1 Å². The number of aromatic nitrogens is 4. The van der Waals surface area contributed by atoms with Crippen LogP contribution in [0, 0.1) is 0 Å². The fourth-order valence-corrected chi connectivity index (χ4v) is 2.67. The average Bonchev–Trinajstić information content (AvgIpc) is 2.99. The summed E-state index contributed by atoms with van der Waals surface area (Å²) in [6.45, 7) is 6.87. The van der Waals surface area contributed by atoms with E-state index >= 15 is 0 Å². The summed E-state index contributed by atoms with van der Waals surface area (Å²) < 4.78 is 6.56. The minimum Gasteiger partial charge on any atom is -0.493 e. The van der Waals surface area contributed by atoms with Crippen LogP contribution in [0.3, 0.4) is 0 Å². The molecule has 6 nitrogen and oxygen atoms in total. The molecule has 0 bridgehead atoms. The standard InChI is InChI=1S/C18H22N4O2/c1-18(2,3)13-7-5-12(6-8-13)9-14-15(10-24-4)21-17-19-11-20-22(17)16(14)23/h5-8,11,23H,9-10H2,1-4H3. The van der Waals surface area contributed by atoms with Crippen LogP contribution in [-0.4, -0.2) is 31.8 Å². The number of rotatable bonds is 4. The van der Waals surface area contributed by atoms with Gasteiger partial charge in [0.15, 0.2) is 0 Å². The predicted octanol–water partition coefficient (Wildman–Crippen LogP) is 2.86. The Balaban J connectivity index is 1.99. The lowest BCUT2D eigenvalue weighted by Crippen LogP contribution is -2.11. The van der Waals surface area contributed by atoms with Crippen molar-refractivity contribution in [2.75, 3.05) is 7.11 Å². The first-order valence-corrected chi connectivity index (χ1v) is 7.89. The molecule has 0 amide bonds. The molecule has 1 aromatic carbocycles. The molecular weight excluding hydrogens is 304 g/mol. The summed E-state index contributed by atoms with van der Waals surface area (Å²) >= 11 is 0. The summed E-state index contributed by atoms with van der Waals surface area (Å²) in [5.41, 5.74) is 3.87. The summed E-state index contributed by atoms with van der Waals surface area (Å²) in [4.78, 5) is 8.48. The molecular formula is C18H22N4O2. The Bertz CT molecular complexity index is 848. The zero-order valence-electron chi connectivity index (χ0n) is 14.4. The van der Waals surface area contributed by atoms with Crippen LogP contribution in [0.15, 0.2) is 30.6 Å². The van der Waals surface area contributed by atoms with Gasteiger partial charge in [0.2, 0.25) is 5.88 Å². The van der Waals surface area contributed by atoms with Crippen LogP contribution in [0.4, 0.5) is 0 Å². The van der Waals surface area contributed by atoms with Gasteiger partial charge in [-0.05, 0) is 16.5 Å². The van der Waals surface area contributed by atoms with Crippen molar-refractivity contribution in [3.05, 3.63) is 53.0 Å². The predicted molar refractivity (Wildman–Crippen MR) is 91.1 cm³/mol. The SMILES string of the molecule is COCc1nc2ncnn2c(O)c1Cc1ccc(C(C)(C)C)cc1. The first-order valence-electron chi connectivity index (χ1n) is 7.89. The van der Waals surface area contributed by atoms with Gasteiger partial charge in [-0.25, -0.2) is 4.98 Å². The molecule has 0 aliphatic rings. The van der Waals surface area contributed by atoms with E-state index in [1.54, 1.807) is 7.11 Å². The van der Waals surface area contributed by atoms with Crippen LogP contribution in [0.2, 0.25) is 0 Å². The fourth-order valence-electron chi connectivity index (χ4n) is 2.67. The van der Waals surface area contributed by atoms with Crippen molar-refractivity contribution in [3.8, 4) is 5.88 Å². The Morgan fingerprint density at radius 1 is 1.17 bits per heavy atom. The highest BCUT2D eigenvalue weighted by molar-refractivity contribution is 5.43. The molecule has 2 heterocycles. The van der Waals surface area contributed by atoms with Crippen molar-refractivity contribution >= 4 is 5.78 Å². The molecule has 0 spiro atoms. The van der Waals surface area contributed by atoms with Gasteiger partial charge in [0.05, 0.1) is 12.3 Å². The van der Waals surface area contributed by atoms with E-state index in [9.17, 15) is 5.11 Å². The molecule has 126 valence electrons. The number of ether oxygens (including phenoxy) is 1. The number of hydrogen-bond acceptors (Lipinski definition) is 5. The minimum absolute atomic E-state index is 0.0597. The smallest absolute Gasteiger partial charge is 0.255 e. The van der Waals surface area contributed by atoms with Crippen molar-refractivity contribution in [2.24, 2.45) is 0 Å². The minimum atomic E-state index is 0.0597. The Kier molecular flexibility index (Phi) is 4.24. The Morgan fingerprint density at radius 2 is 1.88 bits per heavy atom. The van der Waals surface area contributed by atoms with Gasteiger partial charge in [-0.2, -0.15) is 14.6 Å². The van der Waals surface area contributed by atoms with Gasteiger partial charge in [0.25, 0.3) is 5.78 Å². The maximum atomic E-state index is 10.6. The lowest BCUT2D eigenvalue weighted by Gasteiger charge is -2.19. The normalized spacial score (nSPS) is 12.0. The van der Waals surface area contributed by atoms with Gasteiger partial charge in [-0.1, -0.05) is 45.0 Å². The third-order valence-electron chi connectivity index (χ3n) is 4.07. The number of fused-ring (bicyclic) bond motifs is 1. The highest BCUT2D eigenvalue weighted by atomic mass is 16.5. The molecule has 0 aliphatic heterocycles. The van der Waals surface area contributed by atoms with E-state index in [-0.39, 0.29) is 11.3 Å². The summed E-state index contributed by atoms with van der Waals surface area (Å²) in [5.74, 6) is 0.427. The lowest BCUT2D eigenvalue weighted by molar-refractivity contribution is 0.180. The molecule has 6 heteroatoms. The van der Waals surface area contributed by atoms with Crippen LogP contribution in [0.1, 0.15) is 43.2 Å². The third-order valence-corrected chi connectivity index (χ3v) is 4.07. The zero-order chi connectivity index (χ0) is 17.3. The molecule has 0 fully saturated rings. The molecule has 0 aliphatic carbocycles. The lowest BCUT2D eigenvalue weighted by atomic mass is 9.86. The number of hydrogen-bond donors (Lipinski definition) is 1. The molecule has 0 radical (unpaired) electrons. The van der Waals surface area contributed by atoms with Gasteiger partial charge in [0.1, 0.15) is 6.33 Å². The second kappa shape index (κ2) is 6.20. The summed E-state index contributed by atoms with van der Waals surface area (Å²) in [5, 5.41) is 14.6. The number of methoxy groups -OCH3 is 1. The number of benzene rings is 1. The maximum Gasteiger partial charge on any atom is 0.255 e. The molecule has 0 atom stereocenters. The third kappa shape index (κ3) is 3.10. The van der Waals surface area contributed by atoms with Crippen LogP contribution < -0.4 is 0 Å². The molecule has 1 N–H and O–H groups in total. The van der Waals surface area contributed by atoms with Crippen molar-refractivity contribution in [2.45, 2.75) is 39.2 Å². The van der Waals surface area contributed by atoms with Crippen LogP contribution in [-0.2, 0) is 23.2 Å². The van der Waals surface area contributed by atoms with Crippen LogP contribution >= 0.6 is 0 Å². The molecule has 3 aromatic rings. The van der Waals surface area contributed by atoms with Crippen molar-refractivity contribution in [3.63, 3.8) is 0 Å². The first-order chi connectivity index (χ1) is 11.4. The van der Waals surface area contributed by atoms with Crippen molar-refractivity contribution < 1.29 is 9.84 Å². The fraction of sp³-hybridized carbons (Fsp3) is 0.389. The number of aromatic hydroxyl groups is 1. The van der Waals surface area contributed by atoms with E-state index in [1.807, 2.05) is 0 Å². The zero-order valence-corrected chi connectivity index (χ0v) is 14.4.